The van der Waals surface area contributed by atoms with Gasteiger partial charge in [0.15, 0.2) is 5.75 Å². The Kier molecular flexibility index (Phi) is 6.97. The lowest BCUT2D eigenvalue weighted by molar-refractivity contribution is -0.386. The van der Waals surface area contributed by atoms with Gasteiger partial charge in [-0.2, -0.15) is 0 Å². The summed E-state index contributed by atoms with van der Waals surface area (Å²) < 4.78 is 10.7. The van der Waals surface area contributed by atoms with Gasteiger partial charge in [0.2, 0.25) is 0 Å². The Morgan fingerprint density at radius 3 is 2.65 bits per heavy atom. The Morgan fingerprint density at radius 2 is 2.05 bits per heavy atom. The first-order valence-corrected chi connectivity index (χ1v) is 6.63. The van der Waals surface area contributed by atoms with Crippen molar-refractivity contribution in [2.75, 3.05) is 19.8 Å². The minimum Gasteiger partial charge on any atom is -0.484 e. The summed E-state index contributed by atoms with van der Waals surface area (Å²) >= 11 is 0. The minimum atomic E-state index is -0.520. The van der Waals surface area contributed by atoms with Crippen molar-refractivity contribution in [1.82, 2.24) is 0 Å². The van der Waals surface area contributed by atoms with Crippen molar-refractivity contribution in [2.45, 2.75) is 26.9 Å². The lowest BCUT2D eigenvalue weighted by Gasteiger charge is -2.09. The fourth-order valence-electron chi connectivity index (χ4n) is 1.56. The standard InChI is InChI=1S/C14H21NO5/c1-11(2)5-6-19-7-8-20-14-4-3-12(10-16)9-13(14)15(17)18/h3-4,9,11,16H,5-8,10H2,1-2H3. The fourth-order valence-corrected chi connectivity index (χ4v) is 1.56. The largest absolute Gasteiger partial charge is 0.484 e. The van der Waals surface area contributed by atoms with Gasteiger partial charge in [-0.1, -0.05) is 19.9 Å². The van der Waals surface area contributed by atoms with E-state index in [-0.39, 0.29) is 24.7 Å². The van der Waals surface area contributed by atoms with Crippen molar-refractivity contribution >= 4 is 5.69 Å². The van der Waals surface area contributed by atoms with E-state index in [1.54, 1.807) is 6.07 Å². The Bertz CT molecular complexity index is 434. The van der Waals surface area contributed by atoms with Crippen LogP contribution in [0.5, 0.6) is 5.75 Å². The Morgan fingerprint density at radius 1 is 1.30 bits per heavy atom. The van der Waals surface area contributed by atoms with E-state index in [0.717, 1.165) is 6.42 Å². The number of nitro benzene ring substituents is 1. The van der Waals surface area contributed by atoms with Crippen LogP contribution >= 0.6 is 0 Å². The molecule has 0 amide bonds. The molecule has 0 aliphatic carbocycles. The quantitative estimate of drug-likeness (QED) is 0.428. The molecule has 0 heterocycles. The molecule has 1 aromatic rings. The van der Waals surface area contributed by atoms with Crippen LogP contribution in [0.1, 0.15) is 25.8 Å². The molecular weight excluding hydrogens is 262 g/mol. The summed E-state index contributed by atoms with van der Waals surface area (Å²) in [7, 11) is 0. The SMILES string of the molecule is CC(C)CCOCCOc1ccc(CO)cc1[N+](=O)[O-]. The van der Waals surface area contributed by atoms with Crippen molar-refractivity contribution in [3.05, 3.63) is 33.9 Å². The highest BCUT2D eigenvalue weighted by molar-refractivity contribution is 5.48. The molecular formula is C14H21NO5. The van der Waals surface area contributed by atoms with Crippen LogP contribution in [0.2, 0.25) is 0 Å². The average molecular weight is 283 g/mol. The second-order valence-corrected chi connectivity index (χ2v) is 4.86. The summed E-state index contributed by atoms with van der Waals surface area (Å²) in [6, 6.07) is 4.41. The van der Waals surface area contributed by atoms with Gasteiger partial charge in [-0.15, -0.1) is 0 Å². The molecule has 0 unspecified atom stereocenters. The van der Waals surface area contributed by atoms with Gasteiger partial charge in [0.05, 0.1) is 18.1 Å². The number of nitrogens with zero attached hydrogens (tertiary/aromatic N) is 1. The minimum absolute atomic E-state index is 0.140. The van der Waals surface area contributed by atoms with Gasteiger partial charge in [-0.05, 0) is 24.0 Å². The molecule has 0 aliphatic rings. The second-order valence-electron chi connectivity index (χ2n) is 4.86. The first-order valence-electron chi connectivity index (χ1n) is 6.63. The van der Waals surface area contributed by atoms with E-state index in [1.807, 2.05) is 0 Å². The summed E-state index contributed by atoms with van der Waals surface area (Å²) in [5.41, 5.74) is 0.343. The van der Waals surface area contributed by atoms with Crippen LogP contribution in [0.4, 0.5) is 5.69 Å². The smallest absolute Gasteiger partial charge is 0.311 e. The van der Waals surface area contributed by atoms with Crippen LogP contribution in [0, 0.1) is 16.0 Å². The van der Waals surface area contributed by atoms with Crippen LogP contribution in [-0.4, -0.2) is 29.9 Å². The highest BCUT2D eigenvalue weighted by atomic mass is 16.6. The molecule has 0 radical (unpaired) electrons. The third-order valence-corrected chi connectivity index (χ3v) is 2.73. The third-order valence-electron chi connectivity index (χ3n) is 2.73. The first-order chi connectivity index (χ1) is 9.54. The van der Waals surface area contributed by atoms with E-state index in [9.17, 15) is 10.1 Å². The highest BCUT2D eigenvalue weighted by Gasteiger charge is 2.15. The molecule has 6 nitrogen and oxygen atoms in total. The van der Waals surface area contributed by atoms with Crippen molar-refractivity contribution in [3.8, 4) is 5.75 Å². The molecule has 0 bridgehead atoms. The molecule has 0 aliphatic heterocycles. The number of hydrogen-bond donors (Lipinski definition) is 1. The van der Waals surface area contributed by atoms with Crippen LogP contribution in [-0.2, 0) is 11.3 Å². The molecule has 1 aromatic carbocycles. The maximum Gasteiger partial charge on any atom is 0.311 e. The molecule has 1 N–H and O–H groups in total. The van der Waals surface area contributed by atoms with Crippen molar-refractivity contribution in [3.63, 3.8) is 0 Å². The molecule has 20 heavy (non-hydrogen) atoms. The zero-order valence-corrected chi connectivity index (χ0v) is 11.9. The summed E-state index contributed by atoms with van der Waals surface area (Å²) in [4.78, 5) is 10.4. The van der Waals surface area contributed by atoms with Crippen molar-refractivity contribution in [1.29, 1.82) is 0 Å². The second kappa shape index (κ2) is 8.50. The molecule has 0 atom stereocenters. The number of rotatable bonds is 9. The summed E-state index contributed by atoms with van der Waals surface area (Å²) in [5, 5.41) is 19.9. The van der Waals surface area contributed by atoms with Crippen LogP contribution in [0.25, 0.3) is 0 Å². The monoisotopic (exact) mass is 283 g/mol. The Balaban J connectivity index is 2.45. The molecule has 0 saturated carbocycles. The van der Waals surface area contributed by atoms with Gasteiger partial charge in [0.25, 0.3) is 0 Å². The van der Waals surface area contributed by atoms with E-state index in [1.165, 1.54) is 12.1 Å². The van der Waals surface area contributed by atoms with Gasteiger partial charge in [-0.25, -0.2) is 0 Å². The lowest BCUT2D eigenvalue weighted by Crippen LogP contribution is -2.09. The molecule has 0 saturated heterocycles. The lowest BCUT2D eigenvalue weighted by atomic mass is 10.1. The average Bonchev–Trinajstić information content (AvgIpc) is 2.42. The molecule has 6 heteroatoms. The summed E-state index contributed by atoms with van der Waals surface area (Å²) in [6.45, 7) is 5.31. The van der Waals surface area contributed by atoms with E-state index in [0.29, 0.717) is 24.7 Å². The van der Waals surface area contributed by atoms with E-state index < -0.39 is 4.92 Å². The number of hydrogen-bond acceptors (Lipinski definition) is 5. The third kappa shape index (κ3) is 5.54. The topological polar surface area (TPSA) is 81.8 Å². The number of aliphatic hydroxyl groups is 1. The van der Waals surface area contributed by atoms with E-state index >= 15 is 0 Å². The maximum absolute atomic E-state index is 10.9. The highest BCUT2D eigenvalue weighted by Crippen LogP contribution is 2.27. The predicted octanol–water partition coefficient (Wildman–Crippen LogP) is 2.53. The van der Waals surface area contributed by atoms with Gasteiger partial charge in [0.1, 0.15) is 6.61 Å². The van der Waals surface area contributed by atoms with Gasteiger partial charge in [-0.3, -0.25) is 10.1 Å². The van der Waals surface area contributed by atoms with Crippen LogP contribution in [0.3, 0.4) is 0 Å². The van der Waals surface area contributed by atoms with Crippen LogP contribution in [0.15, 0.2) is 18.2 Å². The fraction of sp³-hybridized carbons (Fsp3) is 0.571. The molecule has 0 fully saturated rings. The van der Waals surface area contributed by atoms with Crippen molar-refractivity contribution in [2.24, 2.45) is 5.92 Å². The van der Waals surface area contributed by atoms with E-state index in [4.69, 9.17) is 14.6 Å². The number of nitro groups is 1. The van der Waals surface area contributed by atoms with Gasteiger partial charge < -0.3 is 14.6 Å². The number of ether oxygens (including phenoxy) is 2. The van der Waals surface area contributed by atoms with Gasteiger partial charge in [0, 0.05) is 12.7 Å². The van der Waals surface area contributed by atoms with Crippen LogP contribution < -0.4 is 4.74 Å². The molecule has 0 aromatic heterocycles. The van der Waals surface area contributed by atoms with E-state index in [2.05, 4.69) is 13.8 Å². The molecule has 0 spiro atoms. The predicted molar refractivity (Wildman–Crippen MR) is 74.8 cm³/mol. The summed E-state index contributed by atoms with van der Waals surface area (Å²) in [5.74, 6) is 0.780. The van der Waals surface area contributed by atoms with Crippen molar-refractivity contribution < 1.29 is 19.5 Å². The zero-order valence-electron chi connectivity index (χ0n) is 11.9. The Labute approximate surface area is 118 Å². The summed E-state index contributed by atoms with van der Waals surface area (Å²) in [6.07, 6.45) is 0.978. The molecule has 112 valence electrons. The zero-order chi connectivity index (χ0) is 15.0. The number of benzene rings is 1. The first kappa shape index (κ1) is 16.4. The van der Waals surface area contributed by atoms with Gasteiger partial charge >= 0.3 is 5.69 Å². The number of aliphatic hydroxyl groups excluding tert-OH is 1. The Hall–Kier alpha value is -1.66. The normalized spacial score (nSPS) is 10.8. The maximum atomic E-state index is 10.9. The molecule has 1 rings (SSSR count).